The Labute approximate surface area is 189 Å². The maximum atomic E-state index is 12.9. The molecular weight excluding hydrogens is 398 g/mol. The second kappa shape index (κ2) is 9.27. The van der Waals surface area contributed by atoms with Crippen molar-refractivity contribution in [3.63, 3.8) is 0 Å². The van der Waals surface area contributed by atoms with Crippen LogP contribution in [0.25, 0.3) is 0 Å². The largest absolute Gasteiger partial charge is 0.361 e. The highest BCUT2D eigenvalue weighted by Gasteiger charge is 2.36. The van der Waals surface area contributed by atoms with E-state index >= 15 is 0 Å². The maximum absolute atomic E-state index is 12.9. The number of amides is 2. The Kier molecular flexibility index (Phi) is 6.26. The first-order chi connectivity index (χ1) is 15.4. The minimum Gasteiger partial charge on any atom is -0.361 e. The van der Waals surface area contributed by atoms with E-state index < -0.39 is 0 Å². The Morgan fingerprint density at radius 1 is 0.906 bits per heavy atom. The fourth-order valence-corrected chi connectivity index (χ4v) is 4.09. The molecule has 5 nitrogen and oxygen atoms in total. The van der Waals surface area contributed by atoms with E-state index in [-0.39, 0.29) is 24.0 Å². The van der Waals surface area contributed by atoms with Crippen molar-refractivity contribution in [3.8, 4) is 0 Å². The van der Waals surface area contributed by atoms with Crippen molar-refractivity contribution in [2.45, 2.75) is 33.0 Å². The fraction of sp³-hybridized carbons (Fsp3) is 0.259. The second-order valence-electron chi connectivity index (χ2n) is 8.67. The summed E-state index contributed by atoms with van der Waals surface area (Å²) in [5.41, 5.74) is 4.25. The summed E-state index contributed by atoms with van der Waals surface area (Å²) in [5, 5.41) is 6.53. The third-order valence-corrected chi connectivity index (χ3v) is 5.72. The van der Waals surface area contributed by atoms with Gasteiger partial charge >= 0.3 is 0 Å². The van der Waals surface area contributed by atoms with Crippen molar-refractivity contribution in [2.24, 2.45) is 5.92 Å². The molecule has 4 rings (SSSR count). The van der Waals surface area contributed by atoms with E-state index in [1.165, 1.54) is 0 Å². The van der Waals surface area contributed by atoms with Crippen LogP contribution in [0.2, 0.25) is 0 Å². The van der Waals surface area contributed by atoms with Crippen LogP contribution in [0, 0.1) is 5.92 Å². The second-order valence-corrected chi connectivity index (χ2v) is 8.67. The molecule has 0 spiro atoms. The lowest BCUT2D eigenvalue weighted by Gasteiger charge is -2.28. The Bertz CT molecular complexity index is 1090. The number of hydrogen-bond acceptors (Lipinski definition) is 3. The molecule has 0 saturated heterocycles. The quantitative estimate of drug-likeness (QED) is 0.531. The summed E-state index contributed by atoms with van der Waals surface area (Å²) in [4.78, 5) is 27.5. The van der Waals surface area contributed by atoms with Gasteiger partial charge in [0.1, 0.15) is 6.17 Å². The van der Waals surface area contributed by atoms with Crippen LogP contribution >= 0.6 is 0 Å². The first-order valence-electron chi connectivity index (χ1n) is 11.1. The zero-order valence-corrected chi connectivity index (χ0v) is 18.7. The number of benzene rings is 3. The van der Waals surface area contributed by atoms with Gasteiger partial charge in [-0.3, -0.25) is 9.59 Å². The standard InChI is InChI=1S/C27H29N3O2/c1-18(2)17-30-25(23-11-7-8-12-24(23)27(30)32)29-22-15-13-21(14-16-22)26(31)28-19(3)20-9-5-4-6-10-20/h4-16,18-19,25,29H,17H2,1-3H3,(H,28,31). The van der Waals surface area contributed by atoms with Gasteiger partial charge in [0, 0.05) is 28.9 Å². The zero-order chi connectivity index (χ0) is 22.7. The lowest BCUT2D eigenvalue weighted by Crippen LogP contribution is -2.35. The van der Waals surface area contributed by atoms with Crippen LogP contribution in [0.4, 0.5) is 5.69 Å². The molecule has 2 atom stereocenters. The third kappa shape index (κ3) is 4.52. The normalized spacial score (nSPS) is 16.1. The molecule has 0 bridgehead atoms. The molecular formula is C27H29N3O2. The van der Waals surface area contributed by atoms with Crippen molar-refractivity contribution in [3.05, 3.63) is 101 Å². The highest BCUT2D eigenvalue weighted by molar-refractivity contribution is 5.99. The number of carbonyl (C=O) groups excluding carboxylic acids is 2. The van der Waals surface area contributed by atoms with Crippen LogP contribution in [0.1, 0.15) is 64.8 Å². The molecule has 1 aliphatic rings. The molecule has 2 N–H and O–H groups in total. The Morgan fingerprint density at radius 2 is 1.56 bits per heavy atom. The highest BCUT2D eigenvalue weighted by atomic mass is 16.2. The van der Waals surface area contributed by atoms with Crippen LogP contribution in [0.15, 0.2) is 78.9 Å². The average molecular weight is 428 g/mol. The summed E-state index contributed by atoms with van der Waals surface area (Å²) in [6, 6.07) is 25.0. The van der Waals surface area contributed by atoms with Crippen LogP contribution in [-0.2, 0) is 0 Å². The van der Waals surface area contributed by atoms with E-state index in [1.807, 2.05) is 90.7 Å². The molecule has 1 heterocycles. The first kappa shape index (κ1) is 21.6. The summed E-state index contributed by atoms with van der Waals surface area (Å²) in [7, 11) is 0. The van der Waals surface area contributed by atoms with Gasteiger partial charge in [-0.15, -0.1) is 0 Å². The number of hydrogen-bond donors (Lipinski definition) is 2. The van der Waals surface area contributed by atoms with Crippen molar-refractivity contribution >= 4 is 17.5 Å². The molecule has 2 unspecified atom stereocenters. The smallest absolute Gasteiger partial charge is 0.256 e. The van der Waals surface area contributed by atoms with E-state index in [0.29, 0.717) is 18.0 Å². The summed E-state index contributed by atoms with van der Waals surface area (Å²) >= 11 is 0. The fourth-order valence-electron chi connectivity index (χ4n) is 4.09. The van der Waals surface area contributed by atoms with E-state index in [2.05, 4.69) is 24.5 Å². The molecule has 164 valence electrons. The molecule has 3 aromatic carbocycles. The Hall–Kier alpha value is -3.60. The van der Waals surface area contributed by atoms with Crippen molar-refractivity contribution in [1.82, 2.24) is 10.2 Å². The summed E-state index contributed by atoms with van der Waals surface area (Å²) in [6.45, 7) is 6.86. The van der Waals surface area contributed by atoms with Gasteiger partial charge in [-0.25, -0.2) is 0 Å². The van der Waals surface area contributed by atoms with Gasteiger partial charge in [-0.1, -0.05) is 62.4 Å². The van der Waals surface area contributed by atoms with Gasteiger partial charge in [0.05, 0.1) is 6.04 Å². The van der Waals surface area contributed by atoms with Crippen LogP contribution in [-0.4, -0.2) is 23.3 Å². The molecule has 5 heteroatoms. The maximum Gasteiger partial charge on any atom is 0.256 e. The van der Waals surface area contributed by atoms with Gasteiger partial charge in [-0.05, 0) is 48.7 Å². The van der Waals surface area contributed by atoms with E-state index in [0.717, 1.165) is 22.4 Å². The number of anilines is 1. The number of rotatable bonds is 7. The number of fused-ring (bicyclic) bond motifs is 1. The molecule has 3 aromatic rings. The first-order valence-corrected chi connectivity index (χ1v) is 11.1. The Morgan fingerprint density at radius 3 is 2.25 bits per heavy atom. The summed E-state index contributed by atoms with van der Waals surface area (Å²) in [6.07, 6.45) is -0.223. The minimum absolute atomic E-state index is 0.0534. The predicted molar refractivity (Wildman–Crippen MR) is 127 cm³/mol. The summed E-state index contributed by atoms with van der Waals surface area (Å²) < 4.78 is 0. The number of nitrogens with zero attached hydrogens (tertiary/aromatic N) is 1. The van der Waals surface area contributed by atoms with Crippen LogP contribution in [0.3, 0.4) is 0 Å². The van der Waals surface area contributed by atoms with Gasteiger partial charge in [-0.2, -0.15) is 0 Å². The lowest BCUT2D eigenvalue weighted by atomic mass is 10.1. The number of nitrogens with one attached hydrogen (secondary N) is 2. The average Bonchev–Trinajstić information content (AvgIpc) is 3.05. The van der Waals surface area contributed by atoms with E-state index in [1.54, 1.807) is 0 Å². The van der Waals surface area contributed by atoms with Crippen LogP contribution in [0.5, 0.6) is 0 Å². The third-order valence-electron chi connectivity index (χ3n) is 5.72. The van der Waals surface area contributed by atoms with Gasteiger partial charge in [0.15, 0.2) is 0 Å². The molecule has 32 heavy (non-hydrogen) atoms. The van der Waals surface area contributed by atoms with Gasteiger partial charge in [0.25, 0.3) is 11.8 Å². The molecule has 0 radical (unpaired) electrons. The highest BCUT2D eigenvalue weighted by Crippen LogP contribution is 2.34. The van der Waals surface area contributed by atoms with E-state index in [9.17, 15) is 9.59 Å². The number of carbonyl (C=O) groups is 2. The van der Waals surface area contributed by atoms with Gasteiger partial charge < -0.3 is 15.5 Å². The molecule has 1 aliphatic heterocycles. The molecule has 0 fully saturated rings. The summed E-state index contributed by atoms with van der Waals surface area (Å²) in [5.74, 6) is 0.295. The zero-order valence-electron chi connectivity index (χ0n) is 18.7. The Balaban J connectivity index is 1.48. The van der Waals surface area contributed by atoms with Crippen molar-refractivity contribution in [1.29, 1.82) is 0 Å². The monoisotopic (exact) mass is 427 g/mol. The topological polar surface area (TPSA) is 61.4 Å². The van der Waals surface area contributed by atoms with E-state index in [4.69, 9.17) is 0 Å². The van der Waals surface area contributed by atoms with Crippen LogP contribution < -0.4 is 10.6 Å². The SMILES string of the molecule is CC(C)CN1C(=O)c2ccccc2C1Nc1ccc(C(=O)NC(C)c2ccccc2)cc1. The molecule has 2 amide bonds. The van der Waals surface area contributed by atoms with Gasteiger partial charge in [0.2, 0.25) is 0 Å². The predicted octanol–water partition coefficient (Wildman–Crippen LogP) is 5.40. The molecule has 0 aromatic heterocycles. The van der Waals surface area contributed by atoms with Crippen molar-refractivity contribution < 1.29 is 9.59 Å². The minimum atomic E-state index is -0.223. The lowest BCUT2D eigenvalue weighted by molar-refractivity contribution is 0.0720. The van der Waals surface area contributed by atoms with Crippen molar-refractivity contribution in [2.75, 3.05) is 11.9 Å². The molecule has 0 saturated carbocycles. The molecule has 0 aliphatic carbocycles.